The summed E-state index contributed by atoms with van der Waals surface area (Å²) in [7, 11) is 0. The molecule has 1 aliphatic heterocycles. The zero-order valence-electron chi connectivity index (χ0n) is 14.1. The lowest BCUT2D eigenvalue weighted by Crippen LogP contribution is -2.33. The van der Waals surface area contributed by atoms with Crippen LogP contribution in [0.2, 0.25) is 0 Å². The van der Waals surface area contributed by atoms with E-state index < -0.39 is 5.82 Å². The first-order valence-electron chi connectivity index (χ1n) is 8.32. The molecule has 3 rings (SSSR count). The molecule has 1 aromatic heterocycles. The van der Waals surface area contributed by atoms with Gasteiger partial charge in [-0.2, -0.15) is 4.98 Å². The molecule has 0 amide bonds. The van der Waals surface area contributed by atoms with Crippen LogP contribution in [0.5, 0.6) is 6.01 Å². The number of rotatable bonds is 4. The molecule has 0 unspecified atom stereocenters. The van der Waals surface area contributed by atoms with Crippen LogP contribution >= 0.6 is 0 Å². The van der Waals surface area contributed by atoms with E-state index in [9.17, 15) is 8.78 Å². The molecule has 25 heavy (non-hydrogen) atoms. The maximum atomic E-state index is 14.0. The zero-order valence-corrected chi connectivity index (χ0v) is 14.1. The number of halogens is 2. The van der Waals surface area contributed by atoms with Crippen molar-refractivity contribution >= 4 is 11.7 Å². The number of aliphatic imine (C=N–C) groups is 1. The van der Waals surface area contributed by atoms with Crippen molar-refractivity contribution in [3.8, 4) is 6.01 Å². The highest BCUT2D eigenvalue weighted by Gasteiger charge is 2.13. The van der Waals surface area contributed by atoms with E-state index in [1.165, 1.54) is 18.6 Å². The molecule has 0 aliphatic carbocycles. The highest BCUT2D eigenvalue weighted by atomic mass is 19.1. The Balaban J connectivity index is 1.70. The largest absolute Gasteiger partial charge is 0.459 e. The molecule has 2 heterocycles. The molecule has 0 saturated carbocycles. The van der Waals surface area contributed by atoms with Crippen molar-refractivity contribution in [2.45, 2.75) is 32.8 Å². The summed E-state index contributed by atoms with van der Waals surface area (Å²) in [6.45, 7) is 3.87. The molecule has 5 nitrogen and oxygen atoms in total. The van der Waals surface area contributed by atoms with Gasteiger partial charge in [0.2, 0.25) is 0 Å². The van der Waals surface area contributed by atoms with Gasteiger partial charge in [0.25, 0.3) is 0 Å². The van der Waals surface area contributed by atoms with Gasteiger partial charge in [0.1, 0.15) is 18.3 Å². The molecule has 1 aromatic carbocycles. The Kier molecular flexibility index (Phi) is 5.53. The second-order valence-electron chi connectivity index (χ2n) is 5.95. The Hall–Kier alpha value is -2.57. The molecule has 1 saturated heterocycles. The first kappa shape index (κ1) is 17.3. The maximum absolute atomic E-state index is 14.0. The van der Waals surface area contributed by atoms with Gasteiger partial charge >= 0.3 is 6.01 Å². The fourth-order valence-electron chi connectivity index (χ4n) is 2.66. The quantitative estimate of drug-likeness (QED) is 0.623. The molecule has 0 radical (unpaired) electrons. The van der Waals surface area contributed by atoms with Crippen LogP contribution in [0.3, 0.4) is 0 Å². The van der Waals surface area contributed by atoms with Gasteiger partial charge in [-0.25, -0.2) is 18.8 Å². The summed E-state index contributed by atoms with van der Waals surface area (Å²) in [6, 6.07) is 5.96. The summed E-state index contributed by atoms with van der Waals surface area (Å²) < 4.78 is 32.3. The monoisotopic (exact) mass is 346 g/mol. The predicted octanol–water partition coefficient (Wildman–Crippen LogP) is 3.87. The van der Waals surface area contributed by atoms with Crippen LogP contribution in [0.25, 0.3) is 0 Å². The third-order valence-electron chi connectivity index (χ3n) is 4.07. The first-order chi connectivity index (χ1) is 12.1. The van der Waals surface area contributed by atoms with Crippen LogP contribution < -0.4 is 4.74 Å². The number of benzene rings is 1. The van der Waals surface area contributed by atoms with Gasteiger partial charge in [0, 0.05) is 13.1 Å². The molecule has 132 valence electrons. The average molecular weight is 346 g/mol. The second-order valence-corrected chi connectivity index (χ2v) is 5.95. The summed E-state index contributed by atoms with van der Waals surface area (Å²) in [4.78, 5) is 14.3. The van der Waals surface area contributed by atoms with Crippen molar-refractivity contribution in [3.05, 3.63) is 47.7 Å². The van der Waals surface area contributed by atoms with Crippen molar-refractivity contribution in [1.82, 2.24) is 14.9 Å². The molecular formula is C18H20F2N4O. The van der Waals surface area contributed by atoms with Crippen LogP contribution in [-0.4, -0.2) is 33.8 Å². The molecule has 0 atom stereocenters. The number of piperidine rings is 1. The molecule has 7 heteroatoms. The molecule has 0 spiro atoms. The highest BCUT2D eigenvalue weighted by Crippen LogP contribution is 2.19. The van der Waals surface area contributed by atoms with E-state index in [2.05, 4.69) is 19.9 Å². The minimum Gasteiger partial charge on any atom is -0.459 e. The molecule has 1 aliphatic rings. The minimum absolute atomic E-state index is 0.0350. The Bertz CT molecular complexity index is 743. The lowest BCUT2D eigenvalue weighted by Gasteiger charge is -2.28. The van der Waals surface area contributed by atoms with Gasteiger partial charge in [0.15, 0.2) is 11.6 Å². The zero-order chi connectivity index (χ0) is 17.6. The Morgan fingerprint density at radius 1 is 1.16 bits per heavy atom. The van der Waals surface area contributed by atoms with E-state index in [1.807, 2.05) is 6.92 Å². The lowest BCUT2D eigenvalue weighted by atomic mass is 10.1. The normalized spacial score (nSPS) is 15.3. The summed E-state index contributed by atoms with van der Waals surface area (Å²) in [5.74, 6) is -0.203. The fourth-order valence-corrected chi connectivity index (χ4v) is 2.66. The minimum atomic E-state index is -0.592. The number of hydrogen-bond donors (Lipinski definition) is 0. The lowest BCUT2D eigenvalue weighted by molar-refractivity contribution is 0.279. The van der Waals surface area contributed by atoms with Crippen LogP contribution in [0.4, 0.5) is 14.6 Å². The summed E-state index contributed by atoms with van der Waals surface area (Å²) in [5, 5.41) is 0. The number of hydrogen-bond acceptors (Lipinski definition) is 4. The van der Waals surface area contributed by atoms with E-state index in [1.54, 1.807) is 12.1 Å². The maximum Gasteiger partial charge on any atom is 0.318 e. The van der Waals surface area contributed by atoms with Crippen LogP contribution in [-0.2, 0) is 6.61 Å². The Morgan fingerprint density at radius 3 is 2.60 bits per heavy atom. The van der Waals surface area contributed by atoms with E-state index >= 15 is 0 Å². The van der Waals surface area contributed by atoms with Crippen LogP contribution in [0, 0.1) is 11.6 Å². The third kappa shape index (κ3) is 4.71. The van der Waals surface area contributed by atoms with E-state index in [4.69, 9.17) is 4.74 Å². The summed E-state index contributed by atoms with van der Waals surface area (Å²) >= 11 is 0. The van der Waals surface area contributed by atoms with Crippen LogP contribution in [0.1, 0.15) is 31.7 Å². The van der Waals surface area contributed by atoms with Gasteiger partial charge in [-0.15, -0.1) is 0 Å². The number of ether oxygens (including phenoxy) is 1. The van der Waals surface area contributed by atoms with Gasteiger partial charge < -0.3 is 9.64 Å². The highest BCUT2D eigenvalue weighted by molar-refractivity contribution is 5.82. The third-order valence-corrected chi connectivity index (χ3v) is 4.07. The van der Waals surface area contributed by atoms with Crippen molar-refractivity contribution in [3.63, 3.8) is 0 Å². The van der Waals surface area contributed by atoms with Crippen molar-refractivity contribution in [2.75, 3.05) is 13.1 Å². The smallest absolute Gasteiger partial charge is 0.318 e. The van der Waals surface area contributed by atoms with Crippen molar-refractivity contribution < 1.29 is 13.5 Å². The van der Waals surface area contributed by atoms with Gasteiger partial charge in [-0.1, -0.05) is 12.1 Å². The molecular weight excluding hydrogens is 326 g/mol. The van der Waals surface area contributed by atoms with E-state index in [0.29, 0.717) is 0 Å². The van der Waals surface area contributed by atoms with Gasteiger partial charge in [-0.3, -0.25) is 0 Å². The SMILES string of the molecule is C/C(=N\c1nc(OCc2ccc(F)cc2)ncc1F)N1CCCCC1. The van der Waals surface area contributed by atoms with Crippen LogP contribution in [0.15, 0.2) is 35.5 Å². The molecule has 0 bridgehead atoms. The van der Waals surface area contributed by atoms with Gasteiger partial charge in [-0.05, 0) is 43.9 Å². The number of aromatic nitrogens is 2. The fraction of sp³-hybridized carbons (Fsp3) is 0.389. The van der Waals surface area contributed by atoms with E-state index in [-0.39, 0.29) is 24.3 Å². The summed E-state index contributed by atoms with van der Waals surface area (Å²) in [5.41, 5.74) is 0.767. The number of nitrogens with zero attached hydrogens (tertiary/aromatic N) is 4. The van der Waals surface area contributed by atoms with Crippen molar-refractivity contribution in [2.24, 2.45) is 4.99 Å². The molecule has 1 fully saturated rings. The number of amidine groups is 1. The topological polar surface area (TPSA) is 50.6 Å². The van der Waals surface area contributed by atoms with E-state index in [0.717, 1.165) is 43.5 Å². The summed E-state index contributed by atoms with van der Waals surface area (Å²) in [6.07, 6.45) is 4.50. The Morgan fingerprint density at radius 2 is 1.88 bits per heavy atom. The molecule has 2 aromatic rings. The average Bonchev–Trinajstić information content (AvgIpc) is 2.64. The van der Waals surface area contributed by atoms with Gasteiger partial charge in [0.05, 0.1) is 6.20 Å². The first-order valence-corrected chi connectivity index (χ1v) is 8.32. The Labute approximate surface area is 145 Å². The second kappa shape index (κ2) is 8.00. The van der Waals surface area contributed by atoms with Crippen molar-refractivity contribution in [1.29, 1.82) is 0 Å². The number of likely N-dealkylation sites (tertiary alicyclic amines) is 1. The molecule has 0 N–H and O–H groups in total. The standard InChI is InChI=1S/C18H20F2N4O/c1-13(24-9-3-2-4-10-24)22-17-16(20)11-21-18(23-17)25-12-14-5-7-15(19)8-6-14/h5-8,11H,2-4,9-10,12H2,1H3/b22-13+. The predicted molar refractivity (Wildman–Crippen MR) is 90.9 cm³/mol.